The Labute approximate surface area is 125 Å². The van der Waals surface area contributed by atoms with Gasteiger partial charge in [0.1, 0.15) is 17.4 Å². The Morgan fingerprint density at radius 2 is 2.15 bits per heavy atom. The molecule has 0 aliphatic heterocycles. The highest BCUT2D eigenvalue weighted by Crippen LogP contribution is 2.22. The van der Waals surface area contributed by atoms with Gasteiger partial charge in [-0.25, -0.2) is 0 Å². The zero-order valence-electron chi connectivity index (χ0n) is 10.8. The van der Waals surface area contributed by atoms with Gasteiger partial charge >= 0.3 is 0 Å². The predicted octanol–water partition coefficient (Wildman–Crippen LogP) is 2.25. The fourth-order valence-corrected chi connectivity index (χ4v) is 3.12. The number of benzene rings is 1. The fraction of sp³-hybridized carbons (Fsp3) is 0.308. The van der Waals surface area contributed by atoms with E-state index in [1.807, 2.05) is 13.0 Å². The van der Waals surface area contributed by atoms with Gasteiger partial charge < -0.3 is 9.84 Å². The van der Waals surface area contributed by atoms with Gasteiger partial charge in [0.05, 0.1) is 17.7 Å². The third-order valence-electron chi connectivity index (χ3n) is 2.33. The minimum atomic E-state index is -0.583. The van der Waals surface area contributed by atoms with Crippen molar-refractivity contribution in [2.75, 3.05) is 12.4 Å². The van der Waals surface area contributed by atoms with Crippen LogP contribution in [0, 0.1) is 18.3 Å². The summed E-state index contributed by atoms with van der Waals surface area (Å²) in [5.74, 6) is 1.14. The third kappa shape index (κ3) is 4.49. The molecule has 1 heterocycles. The second-order valence-corrected chi connectivity index (χ2v) is 6.45. The minimum absolute atomic E-state index is 0.205. The third-order valence-corrected chi connectivity index (χ3v) is 4.45. The highest BCUT2D eigenvalue weighted by Gasteiger charge is 2.09. The molecule has 2 rings (SSSR count). The van der Waals surface area contributed by atoms with Crippen LogP contribution < -0.4 is 4.74 Å². The van der Waals surface area contributed by atoms with Gasteiger partial charge in [0, 0.05) is 5.75 Å². The standard InChI is InChI=1S/C13H13N3O2S2/c1-9-15-16-13(20-9)19-8-11(17)7-18-12-4-2-10(6-14)3-5-12/h2-5,11,17H,7-8H2,1H3. The molecule has 0 saturated heterocycles. The number of aliphatic hydroxyl groups excluding tert-OH is 1. The summed E-state index contributed by atoms with van der Waals surface area (Å²) in [4.78, 5) is 0. The van der Waals surface area contributed by atoms with E-state index in [1.54, 1.807) is 24.3 Å². The van der Waals surface area contributed by atoms with Crippen LogP contribution in [0.25, 0.3) is 0 Å². The van der Waals surface area contributed by atoms with Gasteiger partial charge in [0.15, 0.2) is 4.34 Å². The fourth-order valence-electron chi connectivity index (χ4n) is 1.37. The maximum Gasteiger partial charge on any atom is 0.174 e. The lowest BCUT2D eigenvalue weighted by Crippen LogP contribution is -2.20. The lowest BCUT2D eigenvalue weighted by molar-refractivity contribution is 0.126. The van der Waals surface area contributed by atoms with Gasteiger partial charge in [-0.2, -0.15) is 5.26 Å². The Balaban J connectivity index is 1.74. The Morgan fingerprint density at radius 1 is 1.40 bits per heavy atom. The molecule has 2 aromatic rings. The molecule has 0 radical (unpaired) electrons. The second-order valence-electron chi connectivity index (χ2n) is 4.00. The van der Waals surface area contributed by atoms with Crippen molar-refractivity contribution in [3.05, 3.63) is 34.8 Å². The summed E-state index contributed by atoms with van der Waals surface area (Å²) in [6.07, 6.45) is -0.583. The molecule has 1 unspecified atom stereocenters. The Bertz CT molecular complexity index is 592. The van der Waals surface area contributed by atoms with Crippen LogP contribution in [0.1, 0.15) is 10.6 Å². The van der Waals surface area contributed by atoms with Crippen molar-refractivity contribution >= 4 is 23.1 Å². The molecular formula is C13H13N3O2S2. The number of nitrogens with zero attached hydrogens (tertiary/aromatic N) is 3. The molecule has 0 saturated carbocycles. The molecule has 1 aromatic heterocycles. The smallest absolute Gasteiger partial charge is 0.174 e. The highest BCUT2D eigenvalue weighted by molar-refractivity contribution is 8.01. The summed E-state index contributed by atoms with van der Waals surface area (Å²) in [5.41, 5.74) is 0.583. The first-order chi connectivity index (χ1) is 9.67. The molecule has 5 nitrogen and oxygen atoms in total. The summed E-state index contributed by atoms with van der Waals surface area (Å²) < 4.78 is 6.30. The van der Waals surface area contributed by atoms with Gasteiger partial charge in [0.2, 0.25) is 0 Å². The lowest BCUT2D eigenvalue weighted by atomic mass is 10.2. The SMILES string of the molecule is Cc1nnc(SCC(O)COc2ccc(C#N)cc2)s1. The molecule has 7 heteroatoms. The number of aryl methyl sites for hydroxylation is 1. The molecule has 1 aromatic carbocycles. The van der Waals surface area contributed by atoms with Crippen LogP contribution in [0.3, 0.4) is 0 Å². The van der Waals surface area contributed by atoms with Crippen LogP contribution in [0.5, 0.6) is 5.75 Å². The number of ether oxygens (including phenoxy) is 1. The van der Waals surface area contributed by atoms with Crippen molar-refractivity contribution in [1.82, 2.24) is 10.2 Å². The average molecular weight is 307 g/mol. The number of hydrogen-bond acceptors (Lipinski definition) is 7. The second kappa shape index (κ2) is 7.24. The summed E-state index contributed by atoms with van der Waals surface area (Å²) in [6.45, 7) is 2.10. The van der Waals surface area contributed by atoms with E-state index in [1.165, 1.54) is 23.1 Å². The van der Waals surface area contributed by atoms with Crippen LogP contribution in [0.4, 0.5) is 0 Å². The number of nitriles is 1. The predicted molar refractivity (Wildman–Crippen MR) is 78.0 cm³/mol. The van der Waals surface area contributed by atoms with Gasteiger partial charge in [-0.15, -0.1) is 10.2 Å². The molecular weight excluding hydrogens is 294 g/mol. The summed E-state index contributed by atoms with van der Waals surface area (Å²) in [5, 5.41) is 27.3. The molecule has 0 bridgehead atoms. The van der Waals surface area contributed by atoms with Crippen LogP contribution >= 0.6 is 23.1 Å². The molecule has 1 N–H and O–H groups in total. The van der Waals surface area contributed by atoms with Crippen LogP contribution in [0.15, 0.2) is 28.6 Å². The first-order valence-electron chi connectivity index (χ1n) is 5.91. The van der Waals surface area contributed by atoms with Crippen molar-refractivity contribution in [2.24, 2.45) is 0 Å². The van der Waals surface area contributed by atoms with E-state index >= 15 is 0 Å². The Hall–Kier alpha value is -1.62. The van der Waals surface area contributed by atoms with Crippen molar-refractivity contribution < 1.29 is 9.84 Å². The van der Waals surface area contributed by atoms with Crippen LogP contribution in [-0.2, 0) is 0 Å². The highest BCUT2D eigenvalue weighted by atomic mass is 32.2. The topological polar surface area (TPSA) is 79.0 Å². The van der Waals surface area contributed by atoms with E-state index in [0.717, 1.165) is 9.35 Å². The number of aliphatic hydroxyl groups is 1. The zero-order chi connectivity index (χ0) is 14.4. The van der Waals surface area contributed by atoms with Gasteiger partial charge in [-0.05, 0) is 31.2 Å². The monoisotopic (exact) mass is 307 g/mol. The van der Waals surface area contributed by atoms with E-state index < -0.39 is 6.10 Å². The van der Waals surface area contributed by atoms with E-state index in [2.05, 4.69) is 10.2 Å². The number of rotatable bonds is 6. The van der Waals surface area contributed by atoms with Crippen molar-refractivity contribution in [3.8, 4) is 11.8 Å². The maximum atomic E-state index is 9.84. The number of hydrogen-bond donors (Lipinski definition) is 1. The van der Waals surface area contributed by atoms with Crippen molar-refractivity contribution in [3.63, 3.8) is 0 Å². The van der Waals surface area contributed by atoms with Crippen molar-refractivity contribution in [2.45, 2.75) is 17.4 Å². The van der Waals surface area contributed by atoms with Crippen LogP contribution in [-0.4, -0.2) is 33.8 Å². The van der Waals surface area contributed by atoms with E-state index in [0.29, 0.717) is 17.1 Å². The van der Waals surface area contributed by atoms with Gasteiger partial charge in [-0.1, -0.05) is 23.1 Å². The molecule has 0 spiro atoms. The average Bonchev–Trinajstić information content (AvgIpc) is 2.89. The van der Waals surface area contributed by atoms with Crippen LogP contribution in [0.2, 0.25) is 0 Å². The Kier molecular flexibility index (Phi) is 5.35. The summed E-state index contributed by atoms with van der Waals surface area (Å²) in [7, 11) is 0. The first kappa shape index (κ1) is 14.8. The lowest BCUT2D eigenvalue weighted by Gasteiger charge is -2.11. The molecule has 1 atom stereocenters. The molecule has 20 heavy (non-hydrogen) atoms. The number of thioether (sulfide) groups is 1. The molecule has 104 valence electrons. The van der Waals surface area contributed by atoms with Gasteiger partial charge in [0.25, 0.3) is 0 Å². The molecule has 0 aliphatic rings. The minimum Gasteiger partial charge on any atom is -0.491 e. The summed E-state index contributed by atoms with van der Waals surface area (Å²) in [6, 6.07) is 8.83. The molecule has 0 fully saturated rings. The van der Waals surface area contributed by atoms with E-state index in [4.69, 9.17) is 10.00 Å². The Morgan fingerprint density at radius 3 is 2.75 bits per heavy atom. The van der Waals surface area contributed by atoms with Gasteiger partial charge in [-0.3, -0.25) is 0 Å². The normalized spacial score (nSPS) is 11.8. The number of aromatic nitrogens is 2. The quantitative estimate of drug-likeness (QED) is 0.825. The first-order valence-corrected chi connectivity index (χ1v) is 7.71. The van der Waals surface area contributed by atoms with E-state index in [9.17, 15) is 5.11 Å². The molecule has 0 aliphatic carbocycles. The van der Waals surface area contributed by atoms with Crippen molar-refractivity contribution in [1.29, 1.82) is 5.26 Å². The molecule has 0 amide bonds. The largest absolute Gasteiger partial charge is 0.491 e. The summed E-state index contributed by atoms with van der Waals surface area (Å²) >= 11 is 2.97. The zero-order valence-corrected chi connectivity index (χ0v) is 12.4. The van der Waals surface area contributed by atoms with E-state index in [-0.39, 0.29) is 6.61 Å². The maximum absolute atomic E-state index is 9.84.